The molecule has 0 fully saturated rings. The first-order chi connectivity index (χ1) is 9.11. The minimum absolute atomic E-state index is 0.713. The lowest BCUT2D eigenvalue weighted by molar-refractivity contribution is 0.675. The van der Waals surface area contributed by atoms with Crippen LogP contribution in [-0.4, -0.2) is 16.3 Å². The van der Waals surface area contributed by atoms with E-state index in [-0.39, 0.29) is 0 Å². The Morgan fingerprint density at radius 3 is 2.89 bits per heavy atom. The summed E-state index contributed by atoms with van der Waals surface area (Å²) in [6.07, 6.45) is 3.16. The van der Waals surface area contributed by atoms with E-state index in [1.165, 1.54) is 5.56 Å². The van der Waals surface area contributed by atoms with Gasteiger partial charge in [-0.25, -0.2) is 0 Å². The lowest BCUT2D eigenvalue weighted by Crippen LogP contribution is -2.13. The molecule has 1 heterocycles. The third kappa shape index (κ3) is 3.59. The summed E-state index contributed by atoms with van der Waals surface area (Å²) in [5.41, 5.74) is 3.09. The van der Waals surface area contributed by atoms with Crippen LogP contribution in [0.15, 0.2) is 28.9 Å². The summed E-state index contributed by atoms with van der Waals surface area (Å²) in [5.74, 6) is 0. The van der Waals surface area contributed by atoms with Crippen LogP contribution in [0, 0.1) is 0 Å². The number of hydrogen-bond donors (Lipinski definition) is 1. The molecule has 0 atom stereocenters. The van der Waals surface area contributed by atoms with Gasteiger partial charge in [-0.3, -0.25) is 4.68 Å². The van der Waals surface area contributed by atoms with Crippen LogP contribution in [0.4, 0.5) is 0 Å². The number of halogens is 2. The van der Waals surface area contributed by atoms with Gasteiger partial charge < -0.3 is 5.32 Å². The van der Waals surface area contributed by atoms with Gasteiger partial charge in [0.1, 0.15) is 0 Å². The van der Waals surface area contributed by atoms with Crippen LogP contribution in [-0.2, 0) is 13.6 Å². The molecule has 0 amide bonds. The maximum Gasteiger partial charge on any atom is 0.0982 e. The Hall–Kier alpha value is -0.840. The van der Waals surface area contributed by atoms with Gasteiger partial charge in [0.05, 0.1) is 10.7 Å². The SMILES string of the molecule is CCCNCc1cn(C)nc1-c1ccc(Br)cc1Cl. The summed E-state index contributed by atoms with van der Waals surface area (Å²) in [6, 6.07) is 5.88. The van der Waals surface area contributed by atoms with E-state index in [2.05, 4.69) is 33.3 Å². The zero-order valence-electron chi connectivity index (χ0n) is 11.1. The zero-order chi connectivity index (χ0) is 13.8. The van der Waals surface area contributed by atoms with Crippen LogP contribution >= 0.6 is 27.5 Å². The molecule has 5 heteroatoms. The number of nitrogens with zero attached hydrogens (tertiary/aromatic N) is 2. The molecule has 0 unspecified atom stereocenters. The Balaban J connectivity index is 2.32. The van der Waals surface area contributed by atoms with E-state index in [4.69, 9.17) is 11.6 Å². The highest BCUT2D eigenvalue weighted by Crippen LogP contribution is 2.31. The van der Waals surface area contributed by atoms with Gasteiger partial charge in [-0.05, 0) is 25.1 Å². The quantitative estimate of drug-likeness (QED) is 0.832. The molecule has 0 bridgehead atoms. The number of rotatable bonds is 5. The van der Waals surface area contributed by atoms with Crippen LogP contribution in [0.1, 0.15) is 18.9 Å². The predicted molar refractivity (Wildman–Crippen MR) is 83.4 cm³/mol. The highest BCUT2D eigenvalue weighted by Gasteiger charge is 2.13. The van der Waals surface area contributed by atoms with Gasteiger partial charge in [-0.2, -0.15) is 5.10 Å². The normalized spacial score (nSPS) is 10.9. The van der Waals surface area contributed by atoms with Crippen molar-refractivity contribution in [2.75, 3.05) is 6.54 Å². The highest BCUT2D eigenvalue weighted by molar-refractivity contribution is 9.10. The summed E-state index contributed by atoms with van der Waals surface area (Å²) in [4.78, 5) is 0. The first-order valence-corrected chi connectivity index (χ1v) is 7.47. The number of benzene rings is 1. The third-order valence-corrected chi connectivity index (χ3v) is 3.64. The molecule has 0 spiro atoms. The second-order valence-corrected chi connectivity index (χ2v) is 5.80. The fourth-order valence-electron chi connectivity index (χ4n) is 1.98. The van der Waals surface area contributed by atoms with Gasteiger partial charge in [0.15, 0.2) is 0 Å². The van der Waals surface area contributed by atoms with Crippen LogP contribution < -0.4 is 5.32 Å². The molecule has 0 aliphatic heterocycles. The molecule has 2 aromatic rings. The molecule has 0 saturated heterocycles. The lowest BCUT2D eigenvalue weighted by atomic mass is 10.1. The monoisotopic (exact) mass is 341 g/mol. The maximum absolute atomic E-state index is 6.31. The Labute approximate surface area is 127 Å². The van der Waals surface area contributed by atoms with Crippen molar-refractivity contribution in [3.05, 3.63) is 39.5 Å². The van der Waals surface area contributed by atoms with E-state index in [1.807, 2.05) is 36.1 Å². The van der Waals surface area contributed by atoms with Crippen molar-refractivity contribution in [2.45, 2.75) is 19.9 Å². The highest BCUT2D eigenvalue weighted by atomic mass is 79.9. The number of aryl methyl sites for hydroxylation is 1. The summed E-state index contributed by atoms with van der Waals surface area (Å²) in [7, 11) is 1.93. The number of hydrogen-bond acceptors (Lipinski definition) is 2. The smallest absolute Gasteiger partial charge is 0.0982 e. The molecule has 102 valence electrons. The van der Waals surface area contributed by atoms with Gasteiger partial charge >= 0.3 is 0 Å². The zero-order valence-corrected chi connectivity index (χ0v) is 13.4. The Kier molecular flexibility index (Phi) is 5.02. The van der Waals surface area contributed by atoms with Crippen molar-refractivity contribution < 1.29 is 0 Å². The second-order valence-electron chi connectivity index (χ2n) is 4.48. The van der Waals surface area contributed by atoms with Crippen LogP contribution in [0.25, 0.3) is 11.3 Å². The number of nitrogens with one attached hydrogen (secondary N) is 1. The molecule has 0 saturated carbocycles. The van der Waals surface area contributed by atoms with Crippen molar-refractivity contribution in [3.63, 3.8) is 0 Å². The van der Waals surface area contributed by atoms with Gasteiger partial charge in [0.2, 0.25) is 0 Å². The van der Waals surface area contributed by atoms with Gasteiger partial charge in [-0.1, -0.05) is 40.5 Å². The Morgan fingerprint density at radius 1 is 1.42 bits per heavy atom. The van der Waals surface area contributed by atoms with Crippen LogP contribution in [0.2, 0.25) is 5.02 Å². The van der Waals surface area contributed by atoms with E-state index in [0.29, 0.717) is 5.02 Å². The largest absolute Gasteiger partial charge is 0.313 e. The maximum atomic E-state index is 6.31. The molecule has 0 aliphatic rings. The van der Waals surface area contributed by atoms with E-state index in [1.54, 1.807) is 0 Å². The molecule has 1 N–H and O–H groups in total. The minimum atomic E-state index is 0.713. The Bertz CT molecular complexity index is 566. The average molecular weight is 343 g/mol. The molecular weight excluding hydrogens is 326 g/mol. The molecule has 1 aromatic carbocycles. The lowest BCUT2D eigenvalue weighted by Gasteiger charge is -2.06. The van der Waals surface area contributed by atoms with E-state index in [0.717, 1.165) is 35.2 Å². The molecule has 3 nitrogen and oxygen atoms in total. The Morgan fingerprint density at radius 2 is 2.21 bits per heavy atom. The molecule has 0 aliphatic carbocycles. The van der Waals surface area contributed by atoms with E-state index < -0.39 is 0 Å². The third-order valence-electron chi connectivity index (χ3n) is 2.83. The fraction of sp³-hybridized carbons (Fsp3) is 0.357. The topological polar surface area (TPSA) is 29.9 Å². The van der Waals surface area contributed by atoms with Crippen molar-refractivity contribution in [1.82, 2.24) is 15.1 Å². The molecule has 0 radical (unpaired) electrons. The van der Waals surface area contributed by atoms with Crippen molar-refractivity contribution in [1.29, 1.82) is 0 Å². The van der Waals surface area contributed by atoms with Crippen molar-refractivity contribution in [2.24, 2.45) is 7.05 Å². The first kappa shape index (κ1) is 14.6. The molecule has 19 heavy (non-hydrogen) atoms. The van der Waals surface area contributed by atoms with Crippen molar-refractivity contribution in [3.8, 4) is 11.3 Å². The predicted octanol–water partition coefficient (Wildman–Crippen LogP) is 4.00. The summed E-state index contributed by atoms with van der Waals surface area (Å²) < 4.78 is 2.80. The van der Waals surface area contributed by atoms with E-state index >= 15 is 0 Å². The summed E-state index contributed by atoms with van der Waals surface area (Å²) in [6.45, 7) is 3.97. The van der Waals surface area contributed by atoms with Crippen molar-refractivity contribution >= 4 is 27.5 Å². The van der Waals surface area contributed by atoms with Gasteiger partial charge in [0.25, 0.3) is 0 Å². The molecule has 1 aromatic heterocycles. The summed E-state index contributed by atoms with van der Waals surface area (Å²) in [5, 5.41) is 8.64. The first-order valence-electron chi connectivity index (χ1n) is 6.30. The van der Waals surface area contributed by atoms with Gasteiger partial charge in [0, 0.05) is 35.4 Å². The van der Waals surface area contributed by atoms with E-state index in [9.17, 15) is 0 Å². The minimum Gasteiger partial charge on any atom is -0.313 e. The number of aromatic nitrogens is 2. The standard InChI is InChI=1S/C14H17BrClN3/c1-3-6-17-8-10-9-19(2)18-14(10)12-5-4-11(15)7-13(12)16/h4-5,7,9,17H,3,6,8H2,1-2H3. The summed E-state index contributed by atoms with van der Waals surface area (Å²) >= 11 is 9.73. The van der Waals surface area contributed by atoms with Crippen LogP contribution in [0.5, 0.6) is 0 Å². The van der Waals surface area contributed by atoms with Crippen LogP contribution in [0.3, 0.4) is 0 Å². The van der Waals surface area contributed by atoms with Gasteiger partial charge in [-0.15, -0.1) is 0 Å². The molecule has 2 rings (SSSR count). The fourth-order valence-corrected chi connectivity index (χ4v) is 2.74. The average Bonchev–Trinajstić information content (AvgIpc) is 2.71. The second kappa shape index (κ2) is 6.55. The molecular formula is C14H17BrClN3.